The Hall–Kier alpha value is -0.644. The van der Waals surface area contributed by atoms with Crippen LogP contribution in [0.3, 0.4) is 0 Å². The summed E-state index contributed by atoms with van der Waals surface area (Å²) in [5, 5.41) is 65.1. The van der Waals surface area contributed by atoms with Gasteiger partial charge in [0, 0.05) is 51.4 Å². The number of hydrogen-bond donors (Lipinski definition) is 8. The van der Waals surface area contributed by atoms with Gasteiger partial charge in [-0.1, -0.05) is 0 Å². The number of carboxylic acid groups (broad SMARTS) is 4. The zero-order valence-electron chi connectivity index (χ0n) is 10.5. The molecule has 0 saturated carbocycles. The molecular weight excluding hydrogens is 327 g/mol. The molecule has 0 heterocycles. The van der Waals surface area contributed by atoms with Gasteiger partial charge in [0.05, 0.1) is 0 Å². The maximum atomic E-state index is 9.77. The smallest absolute Gasteiger partial charge is 0.335 e. The third-order valence-corrected chi connectivity index (χ3v) is 1.61. The molecule has 0 aliphatic carbocycles. The molecule has 0 fully saturated rings. The van der Waals surface area contributed by atoms with E-state index < -0.39 is 48.3 Å². The second-order valence-corrected chi connectivity index (χ2v) is 3.13. The van der Waals surface area contributed by atoms with Gasteiger partial charge in [-0.05, 0) is 0 Å². The first-order valence-corrected chi connectivity index (χ1v) is 4.57. The molecule has 0 rings (SSSR count). The Kier molecular flexibility index (Phi) is 14.4. The zero-order chi connectivity index (χ0) is 16.6. The van der Waals surface area contributed by atoms with Crippen LogP contribution < -0.4 is 0 Å². The summed E-state index contributed by atoms with van der Waals surface area (Å²) in [6.07, 6.45) is -9.06. The van der Waals surface area contributed by atoms with Gasteiger partial charge < -0.3 is 40.9 Å². The van der Waals surface area contributed by atoms with E-state index in [1.54, 1.807) is 0 Å². The number of carbonyl (C=O) groups is 4. The van der Waals surface area contributed by atoms with Crippen molar-refractivity contribution in [3.05, 3.63) is 0 Å². The number of hydrogen-bond acceptors (Lipinski definition) is 8. The Morgan fingerprint density at radius 1 is 0.476 bits per heavy atom. The minimum atomic E-state index is -2.27. The monoisotopic (exact) mass is 339 g/mol. The number of aliphatic carboxylic acids is 4. The van der Waals surface area contributed by atoms with Crippen LogP contribution in [-0.4, -0.2) is 141 Å². The van der Waals surface area contributed by atoms with E-state index in [2.05, 4.69) is 0 Å². The van der Waals surface area contributed by atoms with Crippen LogP contribution in [0.5, 0.6) is 0 Å². The van der Waals surface area contributed by atoms with Crippen LogP contribution in [0, 0.1) is 0 Å². The zero-order valence-corrected chi connectivity index (χ0v) is 13.6. The second kappa shape index (κ2) is 12.0. The maximum absolute atomic E-state index is 9.77. The van der Waals surface area contributed by atoms with Gasteiger partial charge in [-0.3, -0.25) is 0 Å². The van der Waals surface area contributed by atoms with Crippen LogP contribution in [0.4, 0.5) is 0 Å². The van der Waals surface area contributed by atoms with E-state index in [4.69, 9.17) is 40.9 Å². The van der Waals surface area contributed by atoms with Crippen molar-refractivity contribution in [2.45, 2.75) is 24.4 Å². The molecule has 0 aromatic rings. The largest absolute Gasteiger partial charge is 0.479 e. The van der Waals surface area contributed by atoms with E-state index in [9.17, 15) is 19.2 Å². The molecule has 12 nitrogen and oxygen atoms in total. The van der Waals surface area contributed by atoms with Gasteiger partial charge >= 0.3 is 23.9 Å². The van der Waals surface area contributed by atoms with Crippen molar-refractivity contribution < 1.29 is 60.0 Å². The van der Waals surface area contributed by atoms with Crippen LogP contribution in [-0.2, 0) is 19.2 Å². The molecule has 0 aliphatic heterocycles. The molecule has 0 bridgehead atoms. The molecule has 0 amide bonds. The summed E-state index contributed by atoms with van der Waals surface area (Å²) in [6.45, 7) is 0. The second-order valence-electron chi connectivity index (χ2n) is 3.13. The summed E-state index contributed by atoms with van der Waals surface area (Å²) in [5.74, 6) is -7.07. The Bertz CT molecular complexity index is 309. The van der Waals surface area contributed by atoms with Gasteiger partial charge in [-0.25, -0.2) is 19.2 Å². The van der Waals surface area contributed by atoms with Crippen molar-refractivity contribution >= 4 is 75.3 Å². The minimum Gasteiger partial charge on any atom is -0.479 e. The SMILES string of the molecule is O=C(O)C(O)C(O)C(=O)O.O=C(O)C(O)C(O)C(=O)O.[K]. The van der Waals surface area contributed by atoms with E-state index in [0.717, 1.165) is 0 Å². The summed E-state index contributed by atoms with van der Waals surface area (Å²) < 4.78 is 0. The average Bonchev–Trinajstić information content (AvgIpc) is 2.35. The first-order valence-electron chi connectivity index (χ1n) is 4.57. The van der Waals surface area contributed by atoms with Gasteiger partial charge in [0.15, 0.2) is 24.4 Å². The van der Waals surface area contributed by atoms with E-state index >= 15 is 0 Å². The summed E-state index contributed by atoms with van der Waals surface area (Å²) in [4.78, 5) is 39.1. The fraction of sp³-hybridized carbons (Fsp3) is 0.500. The summed E-state index contributed by atoms with van der Waals surface area (Å²) in [5.41, 5.74) is 0. The van der Waals surface area contributed by atoms with E-state index in [1.807, 2.05) is 0 Å². The maximum Gasteiger partial charge on any atom is 0.335 e. The van der Waals surface area contributed by atoms with Gasteiger partial charge in [0.25, 0.3) is 0 Å². The fourth-order valence-electron chi connectivity index (χ4n) is 0.540. The van der Waals surface area contributed by atoms with Gasteiger partial charge in [0.2, 0.25) is 0 Å². The molecule has 1 radical (unpaired) electrons. The first kappa shape index (κ1) is 25.3. The molecule has 117 valence electrons. The molecule has 13 heteroatoms. The molecule has 0 saturated heterocycles. The average molecular weight is 339 g/mol. The molecular formula is C8H12KO12. The van der Waals surface area contributed by atoms with Crippen LogP contribution in [0.2, 0.25) is 0 Å². The first-order chi connectivity index (χ1) is 8.93. The molecule has 0 aromatic heterocycles. The van der Waals surface area contributed by atoms with Crippen molar-refractivity contribution in [2.75, 3.05) is 0 Å². The van der Waals surface area contributed by atoms with Crippen LogP contribution in [0.25, 0.3) is 0 Å². The predicted octanol–water partition coefficient (Wildman–Crippen LogP) is -4.63. The number of aliphatic hydroxyl groups is 4. The van der Waals surface area contributed by atoms with Crippen molar-refractivity contribution in [1.82, 2.24) is 0 Å². The molecule has 4 unspecified atom stereocenters. The van der Waals surface area contributed by atoms with Crippen LogP contribution >= 0.6 is 0 Å². The summed E-state index contributed by atoms with van der Waals surface area (Å²) >= 11 is 0. The molecule has 0 aliphatic rings. The van der Waals surface area contributed by atoms with Crippen LogP contribution in [0.15, 0.2) is 0 Å². The molecule has 8 N–H and O–H groups in total. The Labute approximate surface area is 158 Å². The van der Waals surface area contributed by atoms with Crippen molar-refractivity contribution in [3.8, 4) is 0 Å². The molecule has 4 atom stereocenters. The van der Waals surface area contributed by atoms with E-state index in [-0.39, 0.29) is 51.4 Å². The fourth-order valence-corrected chi connectivity index (χ4v) is 0.540. The van der Waals surface area contributed by atoms with Gasteiger partial charge in [-0.15, -0.1) is 0 Å². The van der Waals surface area contributed by atoms with Crippen molar-refractivity contribution in [2.24, 2.45) is 0 Å². The van der Waals surface area contributed by atoms with Gasteiger partial charge in [-0.2, -0.15) is 0 Å². The third-order valence-electron chi connectivity index (χ3n) is 1.61. The number of rotatable bonds is 6. The van der Waals surface area contributed by atoms with E-state index in [0.29, 0.717) is 0 Å². The van der Waals surface area contributed by atoms with Crippen molar-refractivity contribution in [1.29, 1.82) is 0 Å². The van der Waals surface area contributed by atoms with Crippen molar-refractivity contribution in [3.63, 3.8) is 0 Å². The molecule has 0 aromatic carbocycles. The van der Waals surface area contributed by atoms with E-state index in [1.165, 1.54) is 0 Å². The minimum absolute atomic E-state index is 0. The topological polar surface area (TPSA) is 230 Å². The normalized spacial score (nSPS) is 15.0. The Morgan fingerprint density at radius 3 is 0.619 bits per heavy atom. The summed E-state index contributed by atoms with van der Waals surface area (Å²) in [7, 11) is 0. The quantitative estimate of drug-likeness (QED) is 0.213. The van der Waals surface area contributed by atoms with Gasteiger partial charge in [0.1, 0.15) is 0 Å². The number of carboxylic acids is 4. The third kappa shape index (κ3) is 10.7. The number of aliphatic hydroxyl groups excluding tert-OH is 4. The molecule has 21 heavy (non-hydrogen) atoms. The van der Waals surface area contributed by atoms with Crippen LogP contribution in [0.1, 0.15) is 0 Å². The Morgan fingerprint density at radius 2 is 0.571 bits per heavy atom. The Balaban J connectivity index is -0.000000295. The molecule has 0 spiro atoms. The summed E-state index contributed by atoms with van der Waals surface area (Å²) in [6, 6.07) is 0. The predicted molar refractivity (Wildman–Crippen MR) is 60.3 cm³/mol. The standard InChI is InChI=1S/2C4H6O6.K/c2*5-1(3(7)8)2(6)4(9)10;/h2*1-2,5-6H,(H,7,8)(H,9,10);.